The van der Waals surface area contributed by atoms with E-state index < -0.39 is 0 Å². The van der Waals surface area contributed by atoms with Gasteiger partial charge in [0.15, 0.2) is 5.76 Å². The van der Waals surface area contributed by atoms with Crippen LogP contribution in [-0.2, 0) is 12.8 Å². The minimum atomic E-state index is -0.0603. The summed E-state index contributed by atoms with van der Waals surface area (Å²) in [7, 11) is 0. The van der Waals surface area contributed by atoms with Crippen LogP contribution in [0.4, 0.5) is 0 Å². The van der Waals surface area contributed by atoms with E-state index in [-0.39, 0.29) is 11.8 Å². The van der Waals surface area contributed by atoms with Gasteiger partial charge in [0.2, 0.25) is 5.89 Å². The molecule has 5 nitrogen and oxygen atoms in total. The molecule has 3 aromatic carbocycles. The first-order valence-corrected chi connectivity index (χ1v) is 14.3. The van der Waals surface area contributed by atoms with Gasteiger partial charge in [-0.3, -0.25) is 9.78 Å². The van der Waals surface area contributed by atoms with Crippen molar-refractivity contribution in [3.05, 3.63) is 138 Å². The van der Waals surface area contributed by atoms with Gasteiger partial charge in [0.25, 0.3) is 5.91 Å². The minimum Gasteiger partial charge on any atom is -0.436 e. The maximum Gasteiger partial charge on any atom is 0.251 e. The summed E-state index contributed by atoms with van der Waals surface area (Å²) in [5.74, 6) is 1.68. The number of benzene rings is 3. The summed E-state index contributed by atoms with van der Waals surface area (Å²) in [5.41, 5.74) is 6.85. The van der Waals surface area contributed by atoms with Crippen LogP contribution in [0.5, 0.6) is 0 Å². The Labute approximate surface area is 241 Å². The molecular weight excluding hydrogens is 506 g/mol. The molecule has 6 rings (SSSR count). The summed E-state index contributed by atoms with van der Waals surface area (Å²) in [4.78, 5) is 22.3. The van der Waals surface area contributed by atoms with Gasteiger partial charge in [-0.05, 0) is 61.4 Å². The monoisotopic (exact) mass is 539 g/mol. The molecule has 0 saturated carbocycles. The number of allylic oxidation sites excluding steroid dienone is 2. The average molecular weight is 540 g/mol. The van der Waals surface area contributed by atoms with Crippen molar-refractivity contribution >= 4 is 11.5 Å². The third-order valence-corrected chi connectivity index (χ3v) is 7.58. The van der Waals surface area contributed by atoms with Crippen LogP contribution in [0.25, 0.3) is 28.2 Å². The van der Waals surface area contributed by atoms with Crippen molar-refractivity contribution in [3.8, 4) is 22.6 Å². The van der Waals surface area contributed by atoms with Crippen molar-refractivity contribution in [2.75, 3.05) is 6.54 Å². The number of oxazole rings is 1. The number of hydrogen-bond acceptors (Lipinski definition) is 4. The molecule has 1 aliphatic carbocycles. The first kappa shape index (κ1) is 26.5. The van der Waals surface area contributed by atoms with E-state index in [4.69, 9.17) is 9.40 Å². The first-order valence-electron chi connectivity index (χ1n) is 14.3. The van der Waals surface area contributed by atoms with Gasteiger partial charge in [-0.2, -0.15) is 0 Å². The predicted molar refractivity (Wildman–Crippen MR) is 163 cm³/mol. The van der Waals surface area contributed by atoms with Gasteiger partial charge in [-0.1, -0.05) is 84.9 Å². The van der Waals surface area contributed by atoms with Crippen LogP contribution in [0.15, 0.2) is 120 Å². The van der Waals surface area contributed by atoms with Crippen LogP contribution in [0.3, 0.4) is 0 Å². The van der Waals surface area contributed by atoms with E-state index in [9.17, 15) is 4.79 Å². The summed E-state index contributed by atoms with van der Waals surface area (Å²) < 4.78 is 6.56. The molecule has 0 spiro atoms. The Kier molecular flexibility index (Phi) is 8.13. The molecule has 2 aromatic heterocycles. The number of nitrogens with zero attached hydrogens (tertiary/aromatic N) is 2. The molecule has 0 bridgehead atoms. The predicted octanol–water partition coefficient (Wildman–Crippen LogP) is 7.80. The second-order valence-electron chi connectivity index (χ2n) is 10.4. The molecule has 5 aromatic rings. The highest BCUT2D eigenvalue weighted by atomic mass is 16.4. The lowest BCUT2D eigenvalue weighted by atomic mass is 9.83. The van der Waals surface area contributed by atoms with Crippen LogP contribution in [0, 0.1) is 5.92 Å². The number of aromatic nitrogens is 2. The molecule has 204 valence electrons. The van der Waals surface area contributed by atoms with E-state index in [1.54, 1.807) is 6.20 Å². The molecule has 1 aliphatic rings. The Morgan fingerprint density at radius 1 is 0.878 bits per heavy atom. The van der Waals surface area contributed by atoms with Crippen molar-refractivity contribution in [3.63, 3.8) is 0 Å². The smallest absolute Gasteiger partial charge is 0.251 e. The minimum absolute atomic E-state index is 0.0603. The Bertz CT molecular complexity index is 1570. The number of nitrogens with one attached hydrogen (secondary N) is 1. The summed E-state index contributed by atoms with van der Waals surface area (Å²) >= 11 is 0. The maximum absolute atomic E-state index is 12.9. The van der Waals surface area contributed by atoms with Gasteiger partial charge in [-0.15, -0.1) is 0 Å². The van der Waals surface area contributed by atoms with Crippen molar-refractivity contribution in [1.29, 1.82) is 0 Å². The third kappa shape index (κ3) is 6.36. The fourth-order valence-electron chi connectivity index (χ4n) is 5.51. The largest absolute Gasteiger partial charge is 0.436 e. The molecule has 0 fully saturated rings. The second kappa shape index (κ2) is 12.6. The Morgan fingerprint density at radius 3 is 2.44 bits per heavy atom. The molecule has 41 heavy (non-hydrogen) atoms. The van der Waals surface area contributed by atoms with Crippen LogP contribution < -0.4 is 5.32 Å². The van der Waals surface area contributed by atoms with E-state index in [0.717, 1.165) is 65.1 Å². The number of amides is 1. The van der Waals surface area contributed by atoms with Gasteiger partial charge in [-0.25, -0.2) is 4.98 Å². The van der Waals surface area contributed by atoms with E-state index in [1.807, 2.05) is 72.8 Å². The van der Waals surface area contributed by atoms with E-state index in [0.29, 0.717) is 24.4 Å². The zero-order valence-corrected chi connectivity index (χ0v) is 23.0. The molecule has 1 amide bonds. The molecule has 1 atom stereocenters. The van der Waals surface area contributed by atoms with Crippen molar-refractivity contribution in [2.24, 2.45) is 5.92 Å². The molecule has 5 heteroatoms. The number of carbonyl (C=O) groups is 1. The standard InChI is InChI=1S/C36H33N3O2/c40-35(38-23-21-31-19-9-10-22-37-31)30-18-11-12-26(25-30)24-29-17-7-8-20-32(29)36-39-33(27-13-3-1-4-14-27)34(41-36)28-15-5-2-6-16-28/h1-6,9-16,18-20,22,25,29H,7-8,17,21,23-24H2,(H,38,40). The maximum atomic E-state index is 12.9. The zero-order valence-electron chi connectivity index (χ0n) is 23.0. The van der Waals surface area contributed by atoms with Gasteiger partial charge in [0, 0.05) is 47.1 Å². The molecular formula is C36H33N3O2. The lowest BCUT2D eigenvalue weighted by molar-refractivity contribution is 0.0954. The third-order valence-electron chi connectivity index (χ3n) is 7.58. The van der Waals surface area contributed by atoms with Gasteiger partial charge < -0.3 is 9.73 Å². The van der Waals surface area contributed by atoms with Crippen molar-refractivity contribution < 1.29 is 9.21 Å². The van der Waals surface area contributed by atoms with Crippen LogP contribution in [0.2, 0.25) is 0 Å². The quantitative estimate of drug-likeness (QED) is 0.207. The number of pyridine rings is 1. The highest BCUT2D eigenvalue weighted by Crippen LogP contribution is 2.40. The SMILES string of the molecule is O=C(NCCc1ccccn1)c1cccc(CC2CCCC=C2c2nc(-c3ccccc3)c(-c3ccccc3)o2)c1. The fraction of sp³-hybridized carbons (Fsp3) is 0.194. The molecule has 0 saturated heterocycles. The Hall–Kier alpha value is -4.77. The topological polar surface area (TPSA) is 68.0 Å². The van der Waals surface area contributed by atoms with E-state index in [1.165, 1.54) is 0 Å². The van der Waals surface area contributed by atoms with Crippen molar-refractivity contribution in [2.45, 2.75) is 32.1 Å². The molecule has 0 radical (unpaired) electrons. The van der Waals surface area contributed by atoms with Crippen LogP contribution in [-0.4, -0.2) is 22.4 Å². The van der Waals surface area contributed by atoms with E-state index in [2.05, 4.69) is 46.7 Å². The highest BCUT2D eigenvalue weighted by molar-refractivity contribution is 5.94. The molecule has 1 unspecified atom stereocenters. The van der Waals surface area contributed by atoms with Gasteiger partial charge in [0.05, 0.1) is 0 Å². The summed E-state index contributed by atoms with van der Waals surface area (Å²) in [6.45, 7) is 0.549. The average Bonchev–Trinajstić information content (AvgIpc) is 3.48. The molecule has 2 heterocycles. The van der Waals surface area contributed by atoms with Crippen LogP contribution in [0.1, 0.15) is 46.8 Å². The molecule has 1 N–H and O–H groups in total. The second-order valence-corrected chi connectivity index (χ2v) is 10.4. The zero-order chi connectivity index (χ0) is 27.9. The van der Waals surface area contributed by atoms with E-state index >= 15 is 0 Å². The van der Waals surface area contributed by atoms with Crippen molar-refractivity contribution in [1.82, 2.24) is 15.3 Å². The Morgan fingerprint density at radius 2 is 1.66 bits per heavy atom. The number of hydrogen-bond donors (Lipinski definition) is 1. The number of rotatable bonds is 9. The summed E-state index contributed by atoms with van der Waals surface area (Å²) in [5, 5.41) is 3.04. The summed E-state index contributed by atoms with van der Waals surface area (Å²) in [6, 6.07) is 34.2. The van der Waals surface area contributed by atoms with Gasteiger partial charge in [0.1, 0.15) is 5.69 Å². The lowest BCUT2D eigenvalue weighted by Gasteiger charge is -2.22. The lowest BCUT2D eigenvalue weighted by Crippen LogP contribution is -2.26. The fourth-order valence-corrected chi connectivity index (χ4v) is 5.51. The van der Waals surface area contributed by atoms with Crippen LogP contribution >= 0.6 is 0 Å². The molecule has 0 aliphatic heterocycles. The Balaban J connectivity index is 1.21. The highest BCUT2D eigenvalue weighted by Gasteiger charge is 2.26. The first-order chi connectivity index (χ1) is 20.2. The van der Waals surface area contributed by atoms with Gasteiger partial charge >= 0.3 is 0 Å². The summed E-state index contributed by atoms with van der Waals surface area (Å²) in [6.07, 6.45) is 8.78. The normalized spacial score (nSPS) is 14.8. The number of carbonyl (C=O) groups excluding carboxylic acids is 1.